The van der Waals surface area contributed by atoms with Crippen LogP contribution in [-0.2, 0) is 9.73 Å². The Labute approximate surface area is 128 Å². The second-order valence-corrected chi connectivity index (χ2v) is 7.79. The Morgan fingerprint density at radius 2 is 2.10 bits per heavy atom. The van der Waals surface area contributed by atoms with E-state index in [0.717, 1.165) is 42.6 Å². The summed E-state index contributed by atoms with van der Waals surface area (Å²) in [5.41, 5.74) is 1.12. The number of hydrogen-bond acceptors (Lipinski definition) is 3. The van der Waals surface area contributed by atoms with E-state index < -0.39 is 9.73 Å². The van der Waals surface area contributed by atoms with E-state index in [1.807, 2.05) is 42.7 Å². The van der Waals surface area contributed by atoms with Gasteiger partial charge in [-0.1, -0.05) is 37.1 Å². The Bertz CT molecular complexity index is 600. The van der Waals surface area contributed by atoms with Gasteiger partial charge in [-0.25, -0.2) is 8.57 Å². The van der Waals surface area contributed by atoms with Gasteiger partial charge in [-0.2, -0.15) is 0 Å². The molecule has 2 rings (SSSR count). The molecule has 1 aromatic rings. The third-order valence-electron chi connectivity index (χ3n) is 4.25. The fourth-order valence-electron chi connectivity index (χ4n) is 2.98. The first kappa shape index (κ1) is 16.2. The van der Waals surface area contributed by atoms with Crippen LogP contribution in [0.4, 0.5) is 0 Å². The van der Waals surface area contributed by atoms with Crippen molar-refractivity contribution in [1.82, 2.24) is 0 Å². The van der Waals surface area contributed by atoms with E-state index in [4.69, 9.17) is 0 Å². The molecule has 1 fully saturated rings. The van der Waals surface area contributed by atoms with Gasteiger partial charge in [0.05, 0.1) is 20.7 Å². The first-order valence-corrected chi connectivity index (χ1v) is 9.27. The van der Waals surface area contributed by atoms with E-state index in [0.29, 0.717) is 0 Å². The minimum Gasteiger partial charge on any atom is -0.393 e. The summed E-state index contributed by atoms with van der Waals surface area (Å²) >= 11 is 0. The molecule has 1 aliphatic rings. The molecule has 1 unspecified atom stereocenters. The van der Waals surface area contributed by atoms with Crippen LogP contribution in [0, 0.1) is 5.92 Å². The van der Waals surface area contributed by atoms with Gasteiger partial charge < -0.3 is 5.11 Å². The van der Waals surface area contributed by atoms with E-state index in [1.54, 1.807) is 7.05 Å². The van der Waals surface area contributed by atoms with E-state index >= 15 is 0 Å². The maximum atomic E-state index is 13.2. The molecule has 4 heteroatoms. The summed E-state index contributed by atoms with van der Waals surface area (Å²) in [6.07, 6.45) is 4.53. The minimum atomic E-state index is -2.53. The predicted octanol–water partition coefficient (Wildman–Crippen LogP) is 3.99. The molecule has 0 bridgehead atoms. The van der Waals surface area contributed by atoms with Gasteiger partial charge in [-0.3, -0.25) is 0 Å². The zero-order valence-electron chi connectivity index (χ0n) is 12.9. The minimum absolute atomic E-state index is 0.134. The molecule has 0 spiro atoms. The topological polar surface area (TPSA) is 49.7 Å². The van der Waals surface area contributed by atoms with Crippen molar-refractivity contribution in [1.29, 1.82) is 0 Å². The van der Waals surface area contributed by atoms with Gasteiger partial charge >= 0.3 is 0 Å². The molecule has 1 aromatic carbocycles. The molecule has 0 aliphatic heterocycles. The fourth-order valence-corrected chi connectivity index (χ4v) is 4.68. The smallest absolute Gasteiger partial charge is 0.0966 e. The number of nitrogens with zero attached hydrogens (tertiary/aromatic N) is 1. The SMILES string of the molecule is CC[C@H](O)[C@@H]1CCCC/C1=C\S(=O)(=NC)c1ccccc1. The normalized spacial score (nSPS) is 25.3. The number of rotatable bonds is 4. The predicted molar refractivity (Wildman–Crippen MR) is 87.5 cm³/mol. The molecule has 0 saturated heterocycles. The second kappa shape index (κ2) is 7.23. The second-order valence-electron chi connectivity index (χ2n) is 5.58. The number of aliphatic hydroxyl groups excluding tert-OH is 1. The molecular weight excluding hydrogens is 282 g/mol. The molecule has 0 aromatic heterocycles. The van der Waals surface area contributed by atoms with E-state index in [1.165, 1.54) is 0 Å². The van der Waals surface area contributed by atoms with Crippen molar-refractivity contribution in [3.05, 3.63) is 41.3 Å². The first-order chi connectivity index (χ1) is 10.1. The number of benzene rings is 1. The van der Waals surface area contributed by atoms with Crippen molar-refractivity contribution in [3.8, 4) is 0 Å². The first-order valence-electron chi connectivity index (χ1n) is 7.69. The van der Waals surface area contributed by atoms with Crippen LogP contribution in [0.5, 0.6) is 0 Å². The van der Waals surface area contributed by atoms with Crippen molar-refractivity contribution in [2.75, 3.05) is 7.05 Å². The van der Waals surface area contributed by atoms with E-state index in [9.17, 15) is 9.32 Å². The molecule has 3 atom stereocenters. The van der Waals surface area contributed by atoms with Crippen LogP contribution in [-0.4, -0.2) is 22.5 Å². The van der Waals surface area contributed by atoms with Crippen LogP contribution in [0.15, 0.2) is 50.6 Å². The Morgan fingerprint density at radius 1 is 1.38 bits per heavy atom. The zero-order valence-corrected chi connectivity index (χ0v) is 13.7. The molecule has 0 heterocycles. The Morgan fingerprint density at radius 3 is 2.71 bits per heavy atom. The summed E-state index contributed by atoms with van der Waals surface area (Å²) in [7, 11) is -0.916. The molecule has 21 heavy (non-hydrogen) atoms. The summed E-state index contributed by atoms with van der Waals surface area (Å²) < 4.78 is 17.3. The highest BCUT2D eigenvalue weighted by Gasteiger charge is 2.26. The monoisotopic (exact) mass is 307 g/mol. The average molecular weight is 307 g/mol. The molecule has 0 amide bonds. The van der Waals surface area contributed by atoms with Gasteiger partial charge in [-0.15, -0.1) is 0 Å². The van der Waals surface area contributed by atoms with E-state index in [2.05, 4.69) is 4.36 Å². The van der Waals surface area contributed by atoms with Crippen LogP contribution in [0.2, 0.25) is 0 Å². The van der Waals surface area contributed by atoms with Crippen molar-refractivity contribution >= 4 is 9.73 Å². The Kier molecular flexibility index (Phi) is 5.59. The lowest BCUT2D eigenvalue weighted by Gasteiger charge is -2.29. The lowest BCUT2D eigenvalue weighted by atomic mass is 9.81. The molecule has 1 aliphatic carbocycles. The fraction of sp³-hybridized carbons (Fsp3) is 0.529. The van der Waals surface area contributed by atoms with Gasteiger partial charge in [0.1, 0.15) is 0 Å². The summed E-state index contributed by atoms with van der Waals surface area (Å²) in [6, 6.07) is 9.41. The van der Waals surface area contributed by atoms with Gasteiger partial charge in [0.15, 0.2) is 0 Å². The Balaban J connectivity index is 2.41. The highest BCUT2D eigenvalue weighted by atomic mass is 32.2. The maximum Gasteiger partial charge on any atom is 0.0966 e. The molecule has 3 nitrogen and oxygen atoms in total. The summed E-state index contributed by atoms with van der Waals surface area (Å²) in [6.45, 7) is 2.00. The highest BCUT2D eigenvalue weighted by Crippen LogP contribution is 2.34. The molecule has 1 saturated carbocycles. The molecule has 0 radical (unpaired) electrons. The van der Waals surface area contributed by atoms with Gasteiger partial charge in [-0.05, 0) is 37.8 Å². The van der Waals surface area contributed by atoms with Crippen molar-refractivity contribution in [2.24, 2.45) is 10.3 Å². The highest BCUT2D eigenvalue weighted by molar-refractivity contribution is 7.96. The van der Waals surface area contributed by atoms with Crippen LogP contribution in [0.25, 0.3) is 0 Å². The molecule has 116 valence electrons. The van der Waals surface area contributed by atoms with Crippen molar-refractivity contribution in [2.45, 2.75) is 50.0 Å². The van der Waals surface area contributed by atoms with Crippen LogP contribution >= 0.6 is 0 Å². The number of aliphatic hydroxyl groups is 1. The lowest BCUT2D eigenvalue weighted by Crippen LogP contribution is -2.24. The maximum absolute atomic E-state index is 13.2. The van der Waals surface area contributed by atoms with E-state index in [-0.39, 0.29) is 12.0 Å². The summed E-state index contributed by atoms with van der Waals surface area (Å²) in [4.78, 5) is 0.746. The largest absolute Gasteiger partial charge is 0.393 e. The molecule has 1 N–H and O–H groups in total. The quantitative estimate of drug-likeness (QED) is 0.914. The lowest BCUT2D eigenvalue weighted by molar-refractivity contribution is 0.107. The van der Waals surface area contributed by atoms with Crippen LogP contribution in [0.1, 0.15) is 39.0 Å². The van der Waals surface area contributed by atoms with Crippen molar-refractivity contribution < 1.29 is 9.32 Å². The van der Waals surface area contributed by atoms with Gasteiger partial charge in [0, 0.05) is 18.4 Å². The van der Waals surface area contributed by atoms with Crippen LogP contribution < -0.4 is 0 Å². The third kappa shape index (κ3) is 3.74. The molecular formula is C17H25NO2S. The zero-order chi connectivity index (χ0) is 15.3. The standard InChI is InChI=1S/C17H25NO2S/c1-3-17(19)16-12-8-7-9-14(16)13-21(20,18-2)15-10-5-4-6-11-15/h4-6,10-11,13,16-17,19H,3,7-9,12H2,1-2H3/b14-13+/t16-,17+,21?/m1/s1. The van der Waals surface area contributed by atoms with Crippen molar-refractivity contribution in [3.63, 3.8) is 0 Å². The van der Waals surface area contributed by atoms with Crippen LogP contribution in [0.3, 0.4) is 0 Å². The summed E-state index contributed by atoms with van der Waals surface area (Å²) in [5.74, 6) is 0.134. The van der Waals surface area contributed by atoms with Gasteiger partial charge in [0.25, 0.3) is 0 Å². The average Bonchev–Trinajstić information content (AvgIpc) is 2.55. The van der Waals surface area contributed by atoms with Gasteiger partial charge in [0.2, 0.25) is 0 Å². The number of hydrogen-bond donors (Lipinski definition) is 1. The Hall–Kier alpha value is -1.13. The third-order valence-corrected chi connectivity index (χ3v) is 6.37. The summed E-state index contributed by atoms with van der Waals surface area (Å²) in [5, 5.41) is 12.1.